The molecular weight excluding hydrogens is 542 g/mol. The van der Waals surface area contributed by atoms with Crippen LogP contribution in [0.1, 0.15) is 22.3 Å². The lowest BCUT2D eigenvalue weighted by Gasteiger charge is -2.39. The van der Waals surface area contributed by atoms with Crippen molar-refractivity contribution < 1.29 is 22.7 Å². The van der Waals surface area contributed by atoms with Gasteiger partial charge in [0.1, 0.15) is 6.04 Å². The van der Waals surface area contributed by atoms with Crippen LogP contribution in [-0.4, -0.2) is 55.1 Å². The fourth-order valence-corrected chi connectivity index (χ4v) is 6.44. The molecular formula is C23H20BrN3O5S2. The molecule has 34 heavy (non-hydrogen) atoms. The predicted molar refractivity (Wildman–Crippen MR) is 131 cm³/mol. The molecule has 5 rings (SSSR count). The molecule has 2 aromatic carbocycles. The lowest BCUT2D eigenvalue weighted by Crippen LogP contribution is -2.56. The minimum Gasteiger partial charge on any atom is -0.376 e. The van der Waals surface area contributed by atoms with Crippen molar-refractivity contribution in [3.63, 3.8) is 0 Å². The first kappa shape index (κ1) is 23.2. The lowest BCUT2D eigenvalue weighted by atomic mass is 10.00. The number of sulfone groups is 1. The van der Waals surface area contributed by atoms with Crippen molar-refractivity contribution in [1.82, 2.24) is 9.88 Å². The van der Waals surface area contributed by atoms with Gasteiger partial charge in [0.15, 0.2) is 15.0 Å². The van der Waals surface area contributed by atoms with Crippen LogP contribution in [0.3, 0.4) is 0 Å². The van der Waals surface area contributed by atoms with E-state index in [-0.39, 0.29) is 41.2 Å². The molecule has 0 unspecified atom stereocenters. The highest BCUT2D eigenvalue weighted by Gasteiger charge is 2.38. The third-order valence-electron chi connectivity index (χ3n) is 5.84. The molecule has 1 atom stereocenters. The Morgan fingerprint density at radius 3 is 2.82 bits per heavy atom. The van der Waals surface area contributed by atoms with Gasteiger partial charge in [0.2, 0.25) is 5.91 Å². The van der Waals surface area contributed by atoms with Gasteiger partial charge < -0.3 is 15.0 Å². The summed E-state index contributed by atoms with van der Waals surface area (Å²) in [5.74, 6) is -0.809. The topological polar surface area (TPSA) is 106 Å². The number of fused-ring (bicyclic) bond motifs is 1. The summed E-state index contributed by atoms with van der Waals surface area (Å²) in [7, 11) is -3.53. The number of nitrogens with zero attached hydrogens (tertiary/aromatic N) is 2. The molecule has 2 aliphatic rings. The van der Waals surface area contributed by atoms with E-state index in [1.165, 1.54) is 22.3 Å². The first-order valence-corrected chi connectivity index (χ1v) is 13.9. The number of likely N-dealkylation sites (tertiary alicyclic amines) is 1. The number of thiazole rings is 1. The summed E-state index contributed by atoms with van der Waals surface area (Å²) in [6.07, 6.45) is 0.526. The van der Waals surface area contributed by atoms with Crippen LogP contribution in [0.2, 0.25) is 0 Å². The minimum atomic E-state index is -3.53. The van der Waals surface area contributed by atoms with E-state index in [2.05, 4.69) is 26.2 Å². The SMILES string of the molecule is O=C(Nc1nc(-c2cccc(Br)c2)cs1)[C@@H]1CCN1C(=O)c1ccc2c(c1)S(=O)(=O)CCOC2. The molecule has 2 aliphatic heterocycles. The van der Waals surface area contributed by atoms with Crippen LogP contribution in [-0.2, 0) is 26.0 Å². The number of halogens is 1. The van der Waals surface area contributed by atoms with E-state index >= 15 is 0 Å². The summed E-state index contributed by atoms with van der Waals surface area (Å²) in [6.45, 7) is 0.729. The number of ether oxygens (including phenoxy) is 1. The van der Waals surface area contributed by atoms with Gasteiger partial charge in [-0.3, -0.25) is 9.59 Å². The second-order valence-corrected chi connectivity index (χ2v) is 11.9. The fourth-order valence-electron chi connectivity index (χ4n) is 3.93. The van der Waals surface area contributed by atoms with Crippen LogP contribution in [0.4, 0.5) is 5.13 Å². The number of hydrogen-bond donors (Lipinski definition) is 1. The fraction of sp³-hybridized carbons (Fsp3) is 0.261. The Bertz CT molecular complexity index is 1390. The summed E-state index contributed by atoms with van der Waals surface area (Å²) in [4.78, 5) is 32.0. The molecule has 3 aromatic rings. The van der Waals surface area contributed by atoms with Crippen LogP contribution in [0.25, 0.3) is 11.3 Å². The minimum absolute atomic E-state index is 0.120. The summed E-state index contributed by atoms with van der Waals surface area (Å²) in [5.41, 5.74) is 2.46. The van der Waals surface area contributed by atoms with E-state index in [4.69, 9.17) is 4.74 Å². The standard InChI is InChI=1S/C23H20BrN3O5S2/c24-17-3-1-2-14(10-17)18-13-33-23(25-18)26-21(28)19-6-7-27(19)22(29)15-4-5-16-12-32-8-9-34(30,31)20(16)11-15/h1-5,10-11,13,19H,6-9,12H2,(H,25,26,28)/t19-/m0/s1. The predicted octanol–water partition coefficient (Wildman–Crippen LogP) is 3.73. The maximum absolute atomic E-state index is 13.1. The number of amides is 2. The normalized spacial score (nSPS) is 19.0. The highest BCUT2D eigenvalue weighted by atomic mass is 79.9. The molecule has 8 nitrogen and oxygen atoms in total. The van der Waals surface area contributed by atoms with E-state index in [9.17, 15) is 18.0 Å². The highest BCUT2D eigenvalue weighted by molar-refractivity contribution is 9.10. The van der Waals surface area contributed by atoms with Gasteiger partial charge in [-0.1, -0.05) is 34.1 Å². The molecule has 0 aliphatic carbocycles. The number of nitrogens with one attached hydrogen (secondary N) is 1. The Morgan fingerprint density at radius 1 is 1.21 bits per heavy atom. The van der Waals surface area contributed by atoms with E-state index in [1.807, 2.05) is 29.6 Å². The molecule has 176 valence electrons. The molecule has 0 bridgehead atoms. The number of benzene rings is 2. The van der Waals surface area contributed by atoms with Crippen LogP contribution in [0, 0.1) is 0 Å². The summed E-state index contributed by atoms with van der Waals surface area (Å²) in [6, 6.07) is 11.7. The number of hydrogen-bond acceptors (Lipinski definition) is 7. The number of carbonyl (C=O) groups is 2. The number of carbonyl (C=O) groups excluding carboxylic acids is 2. The van der Waals surface area contributed by atoms with E-state index in [1.54, 1.807) is 12.1 Å². The molecule has 1 fully saturated rings. The molecule has 0 saturated carbocycles. The van der Waals surface area contributed by atoms with Gasteiger partial charge in [-0.2, -0.15) is 0 Å². The van der Waals surface area contributed by atoms with Gasteiger partial charge in [0.25, 0.3) is 5.91 Å². The zero-order valence-corrected chi connectivity index (χ0v) is 21.1. The average Bonchev–Trinajstić information content (AvgIpc) is 3.18. The molecule has 0 spiro atoms. The zero-order valence-electron chi connectivity index (χ0n) is 17.9. The van der Waals surface area contributed by atoms with Gasteiger partial charge in [-0.15, -0.1) is 11.3 Å². The first-order chi connectivity index (χ1) is 16.3. The first-order valence-electron chi connectivity index (χ1n) is 10.6. The maximum atomic E-state index is 13.1. The van der Waals surface area contributed by atoms with Crippen molar-refractivity contribution in [2.45, 2.75) is 24.0 Å². The highest BCUT2D eigenvalue weighted by Crippen LogP contribution is 2.29. The third-order valence-corrected chi connectivity index (χ3v) is 8.85. The molecule has 11 heteroatoms. The van der Waals surface area contributed by atoms with Gasteiger partial charge in [0, 0.05) is 27.5 Å². The van der Waals surface area contributed by atoms with Crippen LogP contribution in [0.5, 0.6) is 0 Å². The second-order valence-electron chi connectivity index (χ2n) is 8.03. The van der Waals surface area contributed by atoms with Crippen LogP contribution in [0.15, 0.2) is 57.2 Å². The molecule has 3 heterocycles. The van der Waals surface area contributed by atoms with E-state index < -0.39 is 15.9 Å². The van der Waals surface area contributed by atoms with Crippen molar-refractivity contribution in [3.8, 4) is 11.3 Å². The molecule has 1 saturated heterocycles. The average molecular weight is 562 g/mol. The smallest absolute Gasteiger partial charge is 0.254 e. The zero-order chi connectivity index (χ0) is 23.9. The van der Waals surface area contributed by atoms with Crippen LogP contribution < -0.4 is 5.32 Å². The van der Waals surface area contributed by atoms with E-state index in [0.29, 0.717) is 23.7 Å². The second kappa shape index (κ2) is 9.21. The Balaban J connectivity index is 1.30. The largest absolute Gasteiger partial charge is 0.376 e. The number of rotatable bonds is 4. The molecule has 2 amide bonds. The van der Waals surface area contributed by atoms with E-state index in [0.717, 1.165) is 15.7 Å². The van der Waals surface area contributed by atoms with Gasteiger partial charge in [0.05, 0.1) is 29.6 Å². The Morgan fingerprint density at radius 2 is 2.06 bits per heavy atom. The van der Waals surface area contributed by atoms with Gasteiger partial charge >= 0.3 is 0 Å². The molecule has 1 N–H and O–H groups in total. The summed E-state index contributed by atoms with van der Waals surface area (Å²) in [5, 5.41) is 5.12. The Hall–Kier alpha value is -2.60. The van der Waals surface area contributed by atoms with Crippen LogP contribution >= 0.6 is 27.3 Å². The quantitative estimate of drug-likeness (QED) is 0.520. The Labute approximate surface area is 209 Å². The third kappa shape index (κ3) is 4.52. The summed E-state index contributed by atoms with van der Waals surface area (Å²) < 4.78 is 31.4. The van der Waals surface area contributed by atoms with Crippen molar-refractivity contribution in [2.24, 2.45) is 0 Å². The van der Waals surface area contributed by atoms with Gasteiger partial charge in [-0.05, 0) is 36.2 Å². The van der Waals surface area contributed by atoms with Crippen molar-refractivity contribution in [2.75, 3.05) is 24.2 Å². The Kier molecular flexibility index (Phi) is 6.28. The summed E-state index contributed by atoms with van der Waals surface area (Å²) >= 11 is 4.75. The van der Waals surface area contributed by atoms with Gasteiger partial charge in [-0.25, -0.2) is 13.4 Å². The van der Waals surface area contributed by atoms with Crippen molar-refractivity contribution in [1.29, 1.82) is 0 Å². The molecule has 1 aromatic heterocycles. The number of aromatic nitrogens is 1. The number of anilines is 1. The maximum Gasteiger partial charge on any atom is 0.254 e. The molecule has 0 radical (unpaired) electrons. The lowest BCUT2D eigenvalue weighted by molar-refractivity contribution is -0.123. The van der Waals surface area contributed by atoms with Crippen molar-refractivity contribution >= 4 is 54.0 Å². The monoisotopic (exact) mass is 561 g/mol. The van der Waals surface area contributed by atoms with Crippen molar-refractivity contribution in [3.05, 3.63) is 63.4 Å².